The van der Waals surface area contributed by atoms with Gasteiger partial charge in [-0.05, 0) is 17.9 Å². The number of rotatable bonds is 6. The van der Waals surface area contributed by atoms with Crippen LogP contribution in [0.15, 0.2) is 11.4 Å². The molecular weight excluding hydrogens is 234 g/mol. The number of nitrogen functional groups attached to an aromatic ring is 1. The average molecular weight is 251 g/mol. The lowest BCUT2D eigenvalue weighted by atomic mass is 10.2. The summed E-state index contributed by atoms with van der Waals surface area (Å²) in [6.45, 7) is 2.89. The van der Waals surface area contributed by atoms with Crippen LogP contribution >= 0.6 is 11.3 Å². The van der Waals surface area contributed by atoms with Crippen LogP contribution in [0, 0.1) is 0 Å². The Kier molecular flexibility index (Phi) is 4.14. The van der Waals surface area contributed by atoms with Crippen molar-refractivity contribution in [3.8, 4) is 5.88 Å². The van der Waals surface area contributed by atoms with Gasteiger partial charge in [0.25, 0.3) is 0 Å². The second-order valence-electron chi connectivity index (χ2n) is 3.94. The van der Waals surface area contributed by atoms with E-state index in [2.05, 4.69) is 16.9 Å². The van der Waals surface area contributed by atoms with E-state index in [4.69, 9.17) is 10.5 Å². The summed E-state index contributed by atoms with van der Waals surface area (Å²) in [6.07, 6.45) is 4.74. The lowest BCUT2D eigenvalue weighted by molar-refractivity contribution is 0.298. The number of nitrogens with two attached hydrogens (primary N) is 1. The summed E-state index contributed by atoms with van der Waals surface area (Å²) in [5.74, 6) is 0.897. The van der Waals surface area contributed by atoms with Gasteiger partial charge in [0.05, 0.1) is 12.0 Å². The van der Waals surface area contributed by atoms with Gasteiger partial charge in [0.15, 0.2) is 0 Å². The maximum atomic E-state index is 5.68. The quantitative estimate of drug-likeness (QED) is 0.801. The van der Waals surface area contributed by atoms with Crippen LogP contribution in [0.3, 0.4) is 0 Å². The van der Waals surface area contributed by atoms with Crippen molar-refractivity contribution in [1.82, 2.24) is 9.97 Å². The van der Waals surface area contributed by atoms with Gasteiger partial charge >= 0.3 is 0 Å². The number of ether oxygens (including phenoxy) is 1. The van der Waals surface area contributed by atoms with Crippen LogP contribution in [0.25, 0.3) is 10.2 Å². The summed E-state index contributed by atoms with van der Waals surface area (Å²) in [7, 11) is 0. The van der Waals surface area contributed by atoms with Gasteiger partial charge < -0.3 is 10.5 Å². The van der Waals surface area contributed by atoms with E-state index >= 15 is 0 Å². The highest BCUT2D eigenvalue weighted by atomic mass is 32.1. The molecule has 0 aromatic carbocycles. The third-order valence-electron chi connectivity index (χ3n) is 2.54. The molecule has 4 nitrogen and oxygen atoms in total. The first kappa shape index (κ1) is 12.1. The molecule has 0 aliphatic heterocycles. The van der Waals surface area contributed by atoms with E-state index in [1.54, 1.807) is 11.3 Å². The van der Waals surface area contributed by atoms with Gasteiger partial charge in [0, 0.05) is 0 Å². The molecule has 17 heavy (non-hydrogen) atoms. The Morgan fingerprint density at radius 2 is 2.18 bits per heavy atom. The molecule has 0 amide bonds. The summed E-state index contributed by atoms with van der Waals surface area (Å²) >= 11 is 1.55. The molecule has 2 aromatic heterocycles. The molecule has 0 atom stereocenters. The van der Waals surface area contributed by atoms with Gasteiger partial charge in [-0.1, -0.05) is 26.2 Å². The Labute approximate surface area is 105 Å². The zero-order valence-corrected chi connectivity index (χ0v) is 10.8. The van der Waals surface area contributed by atoms with Crippen LogP contribution in [-0.4, -0.2) is 16.6 Å². The number of nitrogens with zero attached hydrogens (tertiary/aromatic N) is 2. The lowest BCUT2D eigenvalue weighted by Crippen LogP contribution is -2.02. The van der Waals surface area contributed by atoms with Crippen LogP contribution in [0.5, 0.6) is 5.88 Å². The minimum Gasteiger partial charge on any atom is -0.477 e. The van der Waals surface area contributed by atoms with E-state index in [1.165, 1.54) is 19.3 Å². The molecule has 2 rings (SSSR count). The first-order chi connectivity index (χ1) is 8.31. The highest BCUT2D eigenvalue weighted by molar-refractivity contribution is 7.16. The second-order valence-corrected chi connectivity index (χ2v) is 4.83. The monoisotopic (exact) mass is 251 g/mol. The molecule has 0 radical (unpaired) electrons. The minimum atomic E-state index is 0.281. The Morgan fingerprint density at radius 1 is 1.29 bits per heavy atom. The molecule has 2 aromatic rings. The molecule has 0 fully saturated rings. The van der Waals surface area contributed by atoms with Crippen LogP contribution < -0.4 is 10.5 Å². The number of aromatic nitrogens is 2. The largest absolute Gasteiger partial charge is 0.477 e. The molecule has 2 heterocycles. The highest BCUT2D eigenvalue weighted by Gasteiger charge is 2.07. The Hall–Kier alpha value is -1.36. The van der Waals surface area contributed by atoms with Gasteiger partial charge in [0.2, 0.25) is 11.8 Å². The molecule has 0 saturated heterocycles. The van der Waals surface area contributed by atoms with Gasteiger partial charge in [-0.3, -0.25) is 0 Å². The number of hydrogen-bond donors (Lipinski definition) is 1. The van der Waals surface area contributed by atoms with Gasteiger partial charge in [-0.2, -0.15) is 4.98 Å². The predicted octanol–water partition coefficient (Wildman–Crippen LogP) is 3.23. The maximum absolute atomic E-state index is 5.68. The zero-order valence-electron chi connectivity index (χ0n) is 9.98. The van der Waals surface area contributed by atoms with Crippen LogP contribution in [0.1, 0.15) is 32.6 Å². The van der Waals surface area contributed by atoms with Crippen molar-refractivity contribution in [2.75, 3.05) is 12.3 Å². The standard InChI is InChI=1S/C12H17N3OS/c1-2-3-4-5-7-16-10-9-6-8-17-11(9)15-12(13)14-10/h6,8H,2-5,7H2,1H3,(H2,13,14,15). The Bertz CT molecular complexity index is 484. The van der Waals surface area contributed by atoms with E-state index in [9.17, 15) is 0 Å². The maximum Gasteiger partial charge on any atom is 0.227 e. The number of unbranched alkanes of at least 4 members (excludes halogenated alkanes) is 3. The van der Waals surface area contributed by atoms with Crippen molar-refractivity contribution < 1.29 is 4.74 Å². The third kappa shape index (κ3) is 3.06. The highest BCUT2D eigenvalue weighted by Crippen LogP contribution is 2.27. The van der Waals surface area contributed by atoms with Crippen molar-refractivity contribution in [3.05, 3.63) is 11.4 Å². The van der Waals surface area contributed by atoms with E-state index < -0.39 is 0 Å². The van der Waals surface area contributed by atoms with E-state index in [0.29, 0.717) is 12.5 Å². The second kappa shape index (κ2) is 5.82. The summed E-state index contributed by atoms with van der Waals surface area (Å²) in [6, 6.07) is 1.97. The van der Waals surface area contributed by atoms with Gasteiger partial charge in [-0.15, -0.1) is 11.3 Å². The smallest absolute Gasteiger partial charge is 0.227 e. The molecule has 0 saturated carbocycles. The number of fused-ring (bicyclic) bond motifs is 1. The summed E-state index contributed by atoms with van der Waals surface area (Å²) in [5, 5.41) is 2.93. The van der Waals surface area contributed by atoms with Crippen molar-refractivity contribution in [2.45, 2.75) is 32.6 Å². The fourth-order valence-electron chi connectivity index (χ4n) is 1.65. The summed E-state index contributed by atoms with van der Waals surface area (Å²) in [4.78, 5) is 9.19. The molecule has 0 aliphatic rings. The van der Waals surface area contributed by atoms with Crippen LogP contribution in [0.4, 0.5) is 5.95 Å². The Morgan fingerprint density at radius 3 is 3.00 bits per heavy atom. The molecule has 2 N–H and O–H groups in total. The first-order valence-electron chi connectivity index (χ1n) is 5.94. The molecule has 92 valence electrons. The van der Waals surface area contributed by atoms with Crippen molar-refractivity contribution in [1.29, 1.82) is 0 Å². The first-order valence-corrected chi connectivity index (χ1v) is 6.82. The van der Waals surface area contributed by atoms with Crippen LogP contribution in [-0.2, 0) is 0 Å². The predicted molar refractivity (Wildman–Crippen MR) is 71.5 cm³/mol. The van der Waals surface area contributed by atoms with E-state index in [1.807, 2.05) is 11.4 Å². The molecule has 5 heteroatoms. The van der Waals surface area contributed by atoms with E-state index in [-0.39, 0.29) is 5.95 Å². The normalized spacial score (nSPS) is 10.9. The lowest BCUT2D eigenvalue weighted by Gasteiger charge is -2.06. The van der Waals surface area contributed by atoms with Gasteiger partial charge in [-0.25, -0.2) is 4.98 Å². The SMILES string of the molecule is CCCCCCOc1nc(N)nc2sccc12. The number of anilines is 1. The Balaban J connectivity index is 2.00. The molecular formula is C12H17N3OS. The topological polar surface area (TPSA) is 61.0 Å². The zero-order chi connectivity index (χ0) is 12.1. The van der Waals surface area contributed by atoms with Crippen LogP contribution in [0.2, 0.25) is 0 Å². The van der Waals surface area contributed by atoms with Crippen molar-refractivity contribution in [2.24, 2.45) is 0 Å². The molecule has 0 unspecified atom stereocenters. The van der Waals surface area contributed by atoms with Crippen molar-refractivity contribution >= 4 is 27.5 Å². The number of thiophene rings is 1. The van der Waals surface area contributed by atoms with Crippen molar-refractivity contribution in [3.63, 3.8) is 0 Å². The van der Waals surface area contributed by atoms with Gasteiger partial charge in [0.1, 0.15) is 4.83 Å². The summed E-state index contributed by atoms with van der Waals surface area (Å²) in [5.41, 5.74) is 5.64. The minimum absolute atomic E-state index is 0.281. The number of hydrogen-bond acceptors (Lipinski definition) is 5. The molecule has 0 spiro atoms. The molecule has 0 bridgehead atoms. The molecule has 0 aliphatic carbocycles. The summed E-state index contributed by atoms with van der Waals surface area (Å²) < 4.78 is 5.68. The third-order valence-corrected chi connectivity index (χ3v) is 3.35. The fraction of sp³-hybridized carbons (Fsp3) is 0.500. The fourth-order valence-corrected chi connectivity index (χ4v) is 2.41. The average Bonchev–Trinajstić information content (AvgIpc) is 2.76. The van der Waals surface area contributed by atoms with E-state index in [0.717, 1.165) is 16.6 Å².